The molecule has 1 radical (unpaired) electrons. The van der Waals surface area contributed by atoms with Crippen LogP contribution in [-0.2, 0) is 113 Å². The van der Waals surface area contributed by atoms with Crippen LogP contribution in [0.4, 0.5) is 0 Å². The number of unbranched alkanes of at least 4 members (excludes halogenated alkanes) is 2. The van der Waals surface area contributed by atoms with Gasteiger partial charge in [-0.25, -0.2) is 0 Å². The van der Waals surface area contributed by atoms with Crippen LogP contribution in [-0.4, -0.2) is 226 Å². The van der Waals surface area contributed by atoms with Crippen LogP contribution in [0.3, 0.4) is 0 Å². The van der Waals surface area contributed by atoms with E-state index < -0.39 is 155 Å². The van der Waals surface area contributed by atoms with Gasteiger partial charge < -0.3 is 80.9 Å². The maximum atomic E-state index is 15.4. The Balaban J connectivity index is 0. The molecule has 1 saturated heterocycles. The molecule has 1 aromatic rings. The zero-order valence-corrected chi connectivity index (χ0v) is 69.3. The van der Waals surface area contributed by atoms with Crippen LogP contribution >= 0.6 is 0 Å². The first kappa shape index (κ1) is 94.2. The summed E-state index contributed by atoms with van der Waals surface area (Å²) >= 11 is 0. The van der Waals surface area contributed by atoms with Crippen molar-refractivity contribution in [3.8, 4) is 0 Å². The molecule has 1 aromatic carbocycles. The van der Waals surface area contributed by atoms with Crippen molar-refractivity contribution in [3.05, 3.63) is 55.7 Å². The second-order valence-corrected chi connectivity index (χ2v) is 28.9. The quantitative estimate of drug-likeness (QED) is 0.0786. The monoisotopic (exact) mass is 1610 g/mol. The molecule has 0 saturated carbocycles. The zero-order valence-electron chi connectivity index (χ0n) is 63.5. The summed E-state index contributed by atoms with van der Waals surface area (Å²) in [7, 11) is 9.89. The summed E-state index contributed by atoms with van der Waals surface area (Å²) in [6.07, 6.45) is 2.64. The fraction of sp³-hybridized carbons (Fsp3) is 0.722. The number of aliphatic hydroxyl groups excluding tert-OH is 1. The number of carbonyl (C=O) groups excluding carboxylic acids is 11. The number of aryl methyl sites for hydroxylation is 2. The molecule has 97 heavy (non-hydrogen) atoms. The van der Waals surface area contributed by atoms with Crippen molar-refractivity contribution in [2.45, 2.75) is 254 Å². The van der Waals surface area contributed by atoms with E-state index in [0.717, 1.165) is 45.4 Å². The number of amides is 11. The summed E-state index contributed by atoms with van der Waals surface area (Å²) in [5.74, 6) is -9.13. The number of benzene rings is 1. The van der Waals surface area contributed by atoms with Crippen molar-refractivity contribution in [1.82, 2.24) is 55.6 Å². The van der Waals surface area contributed by atoms with E-state index in [1.165, 1.54) is 88.3 Å². The molecule has 5 N–H and O–H groups in total. The van der Waals surface area contributed by atoms with E-state index in [2.05, 4.69) is 52.5 Å². The van der Waals surface area contributed by atoms with Gasteiger partial charge in [0, 0.05) is 82.0 Å². The van der Waals surface area contributed by atoms with E-state index in [1.807, 2.05) is 48.5 Å². The van der Waals surface area contributed by atoms with Crippen LogP contribution in [0.2, 0.25) is 0 Å². The van der Waals surface area contributed by atoms with Gasteiger partial charge in [0.25, 0.3) is 0 Å². The van der Waals surface area contributed by atoms with E-state index in [9.17, 15) is 38.7 Å². The minimum Gasteiger partial charge on any atom is -0.390 e. The molecular formula is C72H124N11O12WY-. The molecule has 2 rings (SSSR count). The number of nitrogens with zero attached hydrogens (tertiary/aromatic N) is 7. The number of aliphatic hydroxyl groups is 1. The summed E-state index contributed by atoms with van der Waals surface area (Å²) in [5.41, 5.74) is 2.37. The molecule has 23 nitrogen and oxygen atoms in total. The minimum absolute atomic E-state index is 0. The van der Waals surface area contributed by atoms with Crippen LogP contribution in [0.5, 0.6) is 0 Å². The fourth-order valence-electron chi connectivity index (χ4n) is 12.1. The SMILES string of the molecule is [CH2-][C@@H]1C(=O)N(C)[C@@H](C[C-](C)C)C(=O)N[C@@H](C(C)C)C(=O)N(C)[C@@H](CC(C)C)C(=O)N[C@@H](C)C(=O)N[C@H](C)C(=O)N(C)[C@@H](CC(C)C)C(=O)N(C)[C@@H](CC(C)C)C(=O)N(C)[C@@H](C(C)C)C(=O)N(C)[C@@H]([C@H](O)[C@H](C)CCCCCc2ccc(C)cc2)C(=O)N[C@@H](CC)C(=O)N1C.[CH3-].[W+2].[Y]. The van der Waals surface area contributed by atoms with E-state index in [-0.39, 0.29) is 111 Å². The Hall–Kier alpha value is -4.86. The van der Waals surface area contributed by atoms with Gasteiger partial charge in [0.15, 0.2) is 0 Å². The summed E-state index contributed by atoms with van der Waals surface area (Å²) in [6.45, 7) is 34.1. The Morgan fingerprint density at radius 1 is 0.495 bits per heavy atom. The third kappa shape index (κ3) is 27.2. The number of carbonyl (C=O) groups is 11. The maximum absolute atomic E-state index is 15.4. The van der Waals surface area contributed by atoms with E-state index in [1.54, 1.807) is 55.4 Å². The van der Waals surface area contributed by atoms with Crippen molar-refractivity contribution in [3.63, 3.8) is 0 Å². The Kier molecular flexibility index (Phi) is 42.5. The molecule has 0 bridgehead atoms. The van der Waals surface area contributed by atoms with Crippen LogP contribution in [0.25, 0.3) is 0 Å². The van der Waals surface area contributed by atoms with Gasteiger partial charge in [-0.05, 0) is 113 Å². The van der Waals surface area contributed by atoms with E-state index in [0.29, 0.717) is 12.8 Å². The van der Waals surface area contributed by atoms with Crippen molar-refractivity contribution in [1.29, 1.82) is 0 Å². The van der Waals surface area contributed by atoms with Gasteiger partial charge in [-0.3, -0.25) is 52.7 Å². The first-order valence-electron chi connectivity index (χ1n) is 34.0. The number of nitrogens with one attached hydrogen (secondary N) is 4. The van der Waals surface area contributed by atoms with E-state index >= 15 is 19.2 Å². The van der Waals surface area contributed by atoms with Crippen molar-refractivity contribution in [2.75, 3.05) is 49.3 Å². The van der Waals surface area contributed by atoms with Crippen LogP contribution in [0.15, 0.2) is 24.3 Å². The van der Waals surface area contributed by atoms with E-state index in [4.69, 9.17) is 0 Å². The molecule has 1 aliphatic heterocycles. The maximum Gasteiger partial charge on any atom is 2.00 e. The third-order valence-electron chi connectivity index (χ3n) is 18.3. The molecule has 1 aliphatic rings. The molecule has 1 fully saturated rings. The number of rotatable bonds is 19. The standard InChI is InChI=1S/C71H121N11O12.CH3.W.Y/c1-26-52-67(90)76(19)50(18)66(89)77(20)54(37-41(4)5)63(86)75-57(44(10)11)70(93)78(21)53(36-40(2)3)62(85)72-48(16)61(84)73-49(17)65(88)79(22)55(38-42(6)7)68(91)80(23)56(39-43(8)9)69(92)81(24)58(45(12)13)71(94)82(25)59(64(87)74-52)60(83)47(15)30-28-27-29-31-51-34-32-46(14)33-35-51;;;/h32-35,40,42-45,47-50,52-60,83H,18,26-31,36-39H2,1-17,19-25H3,(H,72,85)(H,73,84)(H,74,87)(H,75,86);1H3;;/q-2;-1;+2;/t47-,48+,49-,50-,52+,53+,54+,55+,56+,57+,58+,59+,60-;;;/m1.../s1. The first-order chi connectivity index (χ1) is 43.5. The van der Waals surface area contributed by atoms with Gasteiger partial charge in [0.1, 0.15) is 54.4 Å². The van der Waals surface area contributed by atoms with Gasteiger partial charge in [0.2, 0.25) is 65.0 Å². The van der Waals surface area contributed by atoms with Gasteiger partial charge >= 0.3 is 21.1 Å². The molecule has 11 amide bonds. The number of hydrogen-bond acceptors (Lipinski definition) is 12. The summed E-state index contributed by atoms with van der Waals surface area (Å²) in [5, 5.41) is 23.5. The molecule has 0 aliphatic carbocycles. The molecular weight excluding hydrogens is 1480 g/mol. The summed E-state index contributed by atoms with van der Waals surface area (Å²) < 4.78 is 0. The predicted octanol–water partition coefficient (Wildman–Crippen LogP) is 6.02. The summed E-state index contributed by atoms with van der Waals surface area (Å²) in [6, 6.07) is -5.76. The third-order valence-corrected chi connectivity index (χ3v) is 18.3. The van der Waals surface area contributed by atoms with Crippen molar-refractivity contribution < 1.29 is 112 Å². The average Bonchev–Trinajstić information content (AvgIpc) is 0.823. The zero-order chi connectivity index (χ0) is 72.2. The largest absolute Gasteiger partial charge is 2.00 e. The Morgan fingerprint density at radius 2 is 0.938 bits per heavy atom. The van der Waals surface area contributed by atoms with Gasteiger partial charge in [-0.1, -0.05) is 126 Å². The van der Waals surface area contributed by atoms with Gasteiger partial charge in [-0.2, -0.15) is 13.8 Å². The second-order valence-electron chi connectivity index (χ2n) is 28.9. The Bertz CT molecular complexity index is 2720. The molecule has 0 unspecified atom stereocenters. The molecule has 1 heterocycles. The molecule has 25 heteroatoms. The molecule has 13 atom stereocenters. The number of likely N-dealkylation sites (N-methyl/N-ethyl adjacent to an activating group) is 7. The average molecular weight is 1610 g/mol. The van der Waals surface area contributed by atoms with Crippen molar-refractivity contribution >= 4 is 65.0 Å². The van der Waals surface area contributed by atoms with Crippen LogP contribution < -0.4 is 21.3 Å². The second kappa shape index (κ2) is 43.7. The fourth-order valence-corrected chi connectivity index (χ4v) is 12.1. The van der Waals surface area contributed by atoms with Crippen LogP contribution in [0.1, 0.15) is 180 Å². The van der Waals surface area contributed by atoms with Crippen molar-refractivity contribution in [2.24, 2.45) is 35.5 Å². The Labute approximate surface area is 622 Å². The smallest absolute Gasteiger partial charge is 0.390 e. The molecule has 549 valence electrons. The van der Waals surface area contributed by atoms with Gasteiger partial charge in [0.05, 0.1) is 12.1 Å². The van der Waals surface area contributed by atoms with Gasteiger partial charge in [-0.15, -0.1) is 6.42 Å². The molecule has 0 spiro atoms. The first-order valence-corrected chi connectivity index (χ1v) is 34.0. The summed E-state index contributed by atoms with van der Waals surface area (Å²) in [4.78, 5) is 171. The normalized spacial score (nSPS) is 25.3. The predicted molar refractivity (Wildman–Crippen MR) is 373 cm³/mol. The number of hydrogen-bond donors (Lipinski definition) is 5. The molecule has 0 aromatic heterocycles. The topological polar surface area (TPSA) is 279 Å². The minimum atomic E-state index is -1.63. The Morgan fingerprint density at radius 3 is 1.41 bits per heavy atom. The van der Waals surface area contributed by atoms with Crippen LogP contribution in [0, 0.1) is 62.7 Å².